The lowest BCUT2D eigenvalue weighted by Crippen LogP contribution is -2.50. The summed E-state index contributed by atoms with van der Waals surface area (Å²) in [7, 11) is 1.64. The van der Waals surface area contributed by atoms with Gasteiger partial charge in [-0.3, -0.25) is 14.6 Å². The first-order valence-electron chi connectivity index (χ1n) is 7.75. The number of carbonyl (C=O) groups excluding carboxylic acids is 2. The van der Waals surface area contributed by atoms with Gasteiger partial charge < -0.3 is 20.7 Å². The van der Waals surface area contributed by atoms with E-state index in [0.29, 0.717) is 25.4 Å². The average Bonchev–Trinajstić information content (AvgIpc) is 2.55. The standard InChI is InChI=1S/C16H26N4O3/c1-12(2)14(16(22)19-9-8-17-10-11-23-3)20-15(21)13-6-4-5-7-18-13/h4-7,12,14,17H,8-11H2,1-3H3,(H,19,22)(H,20,21). The molecule has 1 heterocycles. The number of amides is 2. The summed E-state index contributed by atoms with van der Waals surface area (Å²) in [6.45, 7) is 6.28. The van der Waals surface area contributed by atoms with Crippen LogP contribution in [0, 0.1) is 5.92 Å². The quantitative estimate of drug-likeness (QED) is 0.535. The minimum absolute atomic E-state index is 0.0240. The van der Waals surface area contributed by atoms with Crippen LogP contribution in [0.4, 0.5) is 0 Å². The molecule has 2 amide bonds. The van der Waals surface area contributed by atoms with Crippen molar-refractivity contribution in [2.24, 2.45) is 5.92 Å². The summed E-state index contributed by atoms with van der Waals surface area (Å²) >= 11 is 0. The largest absolute Gasteiger partial charge is 0.383 e. The van der Waals surface area contributed by atoms with Crippen LogP contribution in [0.15, 0.2) is 24.4 Å². The fourth-order valence-electron chi connectivity index (χ4n) is 1.93. The smallest absolute Gasteiger partial charge is 0.270 e. The molecule has 23 heavy (non-hydrogen) atoms. The van der Waals surface area contributed by atoms with Crippen molar-refractivity contribution >= 4 is 11.8 Å². The van der Waals surface area contributed by atoms with Crippen LogP contribution in [0.1, 0.15) is 24.3 Å². The van der Waals surface area contributed by atoms with Crippen molar-refractivity contribution in [3.63, 3.8) is 0 Å². The number of nitrogens with zero attached hydrogens (tertiary/aromatic N) is 1. The van der Waals surface area contributed by atoms with Crippen LogP contribution in [-0.4, -0.2) is 56.2 Å². The third-order valence-electron chi connectivity index (χ3n) is 3.22. The van der Waals surface area contributed by atoms with E-state index in [-0.39, 0.29) is 17.7 Å². The van der Waals surface area contributed by atoms with Crippen LogP contribution in [0.2, 0.25) is 0 Å². The number of aromatic nitrogens is 1. The lowest BCUT2D eigenvalue weighted by atomic mass is 10.0. The van der Waals surface area contributed by atoms with Gasteiger partial charge in [-0.15, -0.1) is 0 Å². The van der Waals surface area contributed by atoms with Crippen molar-refractivity contribution in [1.29, 1.82) is 0 Å². The molecule has 0 aromatic carbocycles. The van der Waals surface area contributed by atoms with E-state index in [1.165, 1.54) is 0 Å². The van der Waals surface area contributed by atoms with E-state index >= 15 is 0 Å². The fourth-order valence-corrected chi connectivity index (χ4v) is 1.93. The van der Waals surface area contributed by atoms with Crippen molar-refractivity contribution < 1.29 is 14.3 Å². The number of hydrogen-bond acceptors (Lipinski definition) is 5. The van der Waals surface area contributed by atoms with Gasteiger partial charge in [0.1, 0.15) is 11.7 Å². The van der Waals surface area contributed by atoms with Gasteiger partial charge in [-0.1, -0.05) is 19.9 Å². The SMILES string of the molecule is COCCNCCNC(=O)C(NC(=O)c1ccccn1)C(C)C. The van der Waals surface area contributed by atoms with Gasteiger partial charge in [0, 0.05) is 32.9 Å². The minimum atomic E-state index is -0.594. The van der Waals surface area contributed by atoms with E-state index in [4.69, 9.17) is 4.74 Å². The molecule has 0 radical (unpaired) electrons. The minimum Gasteiger partial charge on any atom is -0.383 e. The van der Waals surface area contributed by atoms with E-state index in [0.717, 1.165) is 6.54 Å². The van der Waals surface area contributed by atoms with Gasteiger partial charge in [0.15, 0.2) is 0 Å². The Bertz CT molecular complexity index is 479. The second kappa shape index (κ2) is 10.7. The second-order valence-electron chi connectivity index (χ2n) is 5.44. The van der Waals surface area contributed by atoms with Crippen molar-refractivity contribution in [1.82, 2.24) is 20.9 Å². The lowest BCUT2D eigenvalue weighted by molar-refractivity contribution is -0.123. The maximum Gasteiger partial charge on any atom is 0.270 e. The average molecular weight is 322 g/mol. The van der Waals surface area contributed by atoms with Gasteiger partial charge in [-0.05, 0) is 18.1 Å². The molecule has 0 saturated carbocycles. The molecule has 1 atom stereocenters. The highest BCUT2D eigenvalue weighted by Gasteiger charge is 2.24. The second-order valence-corrected chi connectivity index (χ2v) is 5.44. The van der Waals surface area contributed by atoms with Crippen molar-refractivity contribution in [2.75, 3.05) is 33.4 Å². The van der Waals surface area contributed by atoms with E-state index in [2.05, 4.69) is 20.9 Å². The molecule has 1 unspecified atom stereocenters. The van der Waals surface area contributed by atoms with Gasteiger partial charge in [0.2, 0.25) is 5.91 Å². The first kappa shape index (κ1) is 19.1. The predicted octanol–water partition coefficient (Wildman–Crippen LogP) is 0.188. The lowest BCUT2D eigenvalue weighted by Gasteiger charge is -2.21. The van der Waals surface area contributed by atoms with Gasteiger partial charge in [-0.25, -0.2) is 0 Å². The summed E-state index contributed by atoms with van der Waals surface area (Å²) in [5.41, 5.74) is 0.298. The van der Waals surface area contributed by atoms with E-state index in [9.17, 15) is 9.59 Å². The number of methoxy groups -OCH3 is 1. The molecule has 0 aliphatic carbocycles. The zero-order chi connectivity index (χ0) is 17.1. The summed E-state index contributed by atoms with van der Waals surface area (Å²) in [6, 6.07) is 4.49. The third kappa shape index (κ3) is 7.21. The Labute approximate surface area is 137 Å². The first-order chi connectivity index (χ1) is 11.1. The number of carbonyl (C=O) groups is 2. The number of rotatable bonds is 10. The van der Waals surface area contributed by atoms with E-state index in [1.807, 2.05) is 13.8 Å². The molecule has 0 aliphatic heterocycles. The third-order valence-corrected chi connectivity index (χ3v) is 3.22. The van der Waals surface area contributed by atoms with Crippen molar-refractivity contribution in [2.45, 2.75) is 19.9 Å². The normalized spacial score (nSPS) is 12.0. The topological polar surface area (TPSA) is 92.4 Å². The molecular formula is C16H26N4O3. The van der Waals surface area contributed by atoms with Crippen LogP contribution >= 0.6 is 0 Å². The molecule has 128 valence electrons. The van der Waals surface area contributed by atoms with Crippen LogP contribution in [-0.2, 0) is 9.53 Å². The molecule has 0 aliphatic rings. The Kier molecular flexibility index (Phi) is 8.86. The molecule has 0 saturated heterocycles. The van der Waals surface area contributed by atoms with Crippen LogP contribution in [0.25, 0.3) is 0 Å². The Hall–Kier alpha value is -1.99. The van der Waals surface area contributed by atoms with Crippen molar-refractivity contribution in [3.05, 3.63) is 30.1 Å². The van der Waals surface area contributed by atoms with Crippen molar-refractivity contribution in [3.8, 4) is 0 Å². The predicted molar refractivity (Wildman–Crippen MR) is 88.1 cm³/mol. The van der Waals surface area contributed by atoms with Crippen LogP contribution in [0.5, 0.6) is 0 Å². The van der Waals surface area contributed by atoms with Crippen LogP contribution < -0.4 is 16.0 Å². The fraction of sp³-hybridized carbons (Fsp3) is 0.562. The summed E-state index contributed by atoms with van der Waals surface area (Å²) < 4.78 is 4.92. The molecule has 0 spiro atoms. The van der Waals surface area contributed by atoms with Crippen LogP contribution in [0.3, 0.4) is 0 Å². The zero-order valence-corrected chi connectivity index (χ0v) is 14.0. The number of ether oxygens (including phenoxy) is 1. The van der Waals surface area contributed by atoms with Gasteiger partial charge in [-0.2, -0.15) is 0 Å². The van der Waals surface area contributed by atoms with Gasteiger partial charge >= 0.3 is 0 Å². The van der Waals surface area contributed by atoms with Gasteiger partial charge in [0.25, 0.3) is 5.91 Å². The Morgan fingerprint density at radius 3 is 2.61 bits per heavy atom. The highest BCUT2D eigenvalue weighted by molar-refractivity contribution is 5.96. The number of nitrogens with one attached hydrogen (secondary N) is 3. The Morgan fingerprint density at radius 2 is 2.00 bits per heavy atom. The molecule has 1 rings (SSSR count). The summed E-state index contributed by atoms with van der Waals surface area (Å²) in [6.07, 6.45) is 1.55. The summed E-state index contributed by atoms with van der Waals surface area (Å²) in [4.78, 5) is 28.4. The summed E-state index contributed by atoms with van der Waals surface area (Å²) in [5.74, 6) is -0.570. The molecule has 1 aromatic rings. The number of hydrogen-bond donors (Lipinski definition) is 3. The monoisotopic (exact) mass is 322 g/mol. The maximum atomic E-state index is 12.2. The highest BCUT2D eigenvalue weighted by Crippen LogP contribution is 2.03. The molecule has 1 aromatic heterocycles. The van der Waals surface area contributed by atoms with E-state index in [1.54, 1.807) is 31.5 Å². The Morgan fingerprint density at radius 1 is 1.22 bits per heavy atom. The first-order valence-corrected chi connectivity index (χ1v) is 7.75. The van der Waals surface area contributed by atoms with E-state index < -0.39 is 6.04 Å². The molecule has 3 N–H and O–H groups in total. The zero-order valence-electron chi connectivity index (χ0n) is 14.0. The molecule has 7 nitrogen and oxygen atoms in total. The maximum absolute atomic E-state index is 12.2. The molecular weight excluding hydrogens is 296 g/mol. The molecule has 0 fully saturated rings. The molecule has 0 bridgehead atoms. The number of pyridine rings is 1. The van der Waals surface area contributed by atoms with Gasteiger partial charge in [0.05, 0.1) is 6.61 Å². The summed E-state index contributed by atoms with van der Waals surface area (Å²) in [5, 5.41) is 8.70. The molecule has 7 heteroatoms. The highest BCUT2D eigenvalue weighted by atomic mass is 16.5. The Balaban J connectivity index is 2.44.